The average Bonchev–Trinajstić information content (AvgIpc) is 3.07. The Balaban J connectivity index is 1.67. The molecule has 5 heteroatoms. The van der Waals surface area contributed by atoms with Crippen molar-refractivity contribution in [2.24, 2.45) is 0 Å². The zero-order chi connectivity index (χ0) is 17.5. The largest absolute Gasteiger partial charge is 0.390 e. The SMILES string of the molecule is O=C(CSc1ncc(CO)n1CCc1ccccc1)c1ccccc1. The first-order valence-corrected chi connectivity index (χ1v) is 9.16. The van der Waals surface area contributed by atoms with E-state index in [0.717, 1.165) is 23.8 Å². The number of carbonyl (C=O) groups excluding carboxylic acids is 1. The van der Waals surface area contributed by atoms with Crippen molar-refractivity contribution in [2.75, 3.05) is 5.75 Å². The molecule has 1 heterocycles. The molecule has 128 valence electrons. The second kappa shape index (κ2) is 8.65. The molecule has 0 aliphatic heterocycles. The van der Waals surface area contributed by atoms with E-state index in [4.69, 9.17) is 0 Å². The molecule has 0 bridgehead atoms. The van der Waals surface area contributed by atoms with Gasteiger partial charge in [0.15, 0.2) is 10.9 Å². The number of ketones is 1. The van der Waals surface area contributed by atoms with Crippen LogP contribution in [0.3, 0.4) is 0 Å². The van der Waals surface area contributed by atoms with Crippen molar-refractivity contribution in [2.45, 2.75) is 24.7 Å². The summed E-state index contributed by atoms with van der Waals surface area (Å²) in [6.45, 7) is 0.663. The van der Waals surface area contributed by atoms with Crippen LogP contribution >= 0.6 is 11.8 Å². The van der Waals surface area contributed by atoms with E-state index in [1.807, 2.05) is 53.1 Å². The Kier molecular flexibility index (Phi) is 6.04. The van der Waals surface area contributed by atoms with Gasteiger partial charge in [-0.25, -0.2) is 4.98 Å². The van der Waals surface area contributed by atoms with E-state index in [-0.39, 0.29) is 12.4 Å². The van der Waals surface area contributed by atoms with E-state index in [2.05, 4.69) is 17.1 Å². The molecule has 3 rings (SSSR count). The van der Waals surface area contributed by atoms with Gasteiger partial charge in [-0.2, -0.15) is 0 Å². The number of aryl methyl sites for hydroxylation is 1. The van der Waals surface area contributed by atoms with E-state index < -0.39 is 0 Å². The maximum absolute atomic E-state index is 12.3. The monoisotopic (exact) mass is 352 g/mol. The molecule has 0 saturated heterocycles. The fourth-order valence-corrected chi connectivity index (χ4v) is 3.51. The Bertz CT molecular complexity index is 816. The number of carbonyl (C=O) groups is 1. The zero-order valence-corrected chi connectivity index (χ0v) is 14.7. The van der Waals surface area contributed by atoms with E-state index in [9.17, 15) is 9.90 Å². The zero-order valence-electron chi connectivity index (χ0n) is 13.8. The molecule has 1 N–H and O–H groups in total. The van der Waals surface area contributed by atoms with Crippen LogP contribution in [0.25, 0.3) is 0 Å². The van der Waals surface area contributed by atoms with Crippen LogP contribution in [0.1, 0.15) is 21.6 Å². The molecule has 0 atom stereocenters. The van der Waals surface area contributed by atoms with Crippen LogP contribution in [-0.2, 0) is 19.6 Å². The van der Waals surface area contributed by atoms with Gasteiger partial charge in [-0.3, -0.25) is 4.79 Å². The predicted octanol–water partition coefficient (Wildman–Crippen LogP) is 3.59. The van der Waals surface area contributed by atoms with Gasteiger partial charge in [-0.1, -0.05) is 72.4 Å². The fourth-order valence-electron chi connectivity index (χ4n) is 2.60. The van der Waals surface area contributed by atoms with Crippen molar-refractivity contribution in [1.82, 2.24) is 9.55 Å². The molecule has 0 amide bonds. The smallest absolute Gasteiger partial charge is 0.173 e. The van der Waals surface area contributed by atoms with Crippen LogP contribution < -0.4 is 0 Å². The number of aromatic nitrogens is 2. The number of rotatable bonds is 8. The summed E-state index contributed by atoms with van der Waals surface area (Å²) in [6, 6.07) is 19.5. The second-order valence-corrected chi connectivity index (χ2v) is 6.60. The molecule has 2 aromatic carbocycles. The van der Waals surface area contributed by atoms with Crippen LogP contribution in [0.15, 0.2) is 72.0 Å². The highest BCUT2D eigenvalue weighted by atomic mass is 32.2. The van der Waals surface area contributed by atoms with Gasteiger partial charge >= 0.3 is 0 Å². The highest BCUT2D eigenvalue weighted by Crippen LogP contribution is 2.21. The second-order valence-electron chi connectivity index (χ2n) is 5.66. The van der Waals surface area contributed by atoms with Crippen molar-refractivity contribution in [3.05, 3.63) is 83.7 Å². The average molecular weight is 352 g/mol. The van der Waals surface area contributed by atoms with Crippen molar-refractivity contribution < 1.29 is 9.90 Å². The van der Waals surface area contributed by atoms with E-state index in [1.54, 1.807) is 6.20 Å². The number of thioether (sulfide) groups is 1. The summed E-state index contributed by atoms with van der Waals surface area (Å²) in [5.41, 5.74) is 2.71. The van der Waals surface area contributed by atoms with E-state index >= 15 is 0 Å². The molecule has 0 saturated carbocycles. The normalized spacial score (nSPS) is 10.8. The van der Waals surface area contributed by atoms with E-state index in [0.29, 0.717) is 11.3 Å². The molecule has 0 radical (unpaired) electrons. The maximum Gasteiger partial charge on any atom is 0.173 e. The summed E-state index contributed by atoms with van der Waals surface area (Å²) < 4.78 is 2.00. The van der Waals surface area contributed by atoms with Gasteiger partial charge in [0.2, 0.25) is 0 Å². The van der Waals surface area contributed by atoms with Crippen molar-refractivity contribution >= 4 is 17.5 Å². The summed E-state index contributed by atoms with van der Waals surface area (Å²) in [5, 5.41) is 10.3. The number of nitrogens with zero attached hydrogens (tertiary/aromatic N) is 2. The number of hydrogen-bond acceptors (Lipinski definition) is 4. The highest BCUT2D eigenvalue weighted by molar-refractivity contribution is 7.99. The lowest BCUT2D eigenvalue weighted by atomic mass is 10.1. The number of benzene rings is 2. The van der Waals surface area contributed by atoms with Gasteiger partial charge in [0.1, 0.15) is 0 Å². The fraction of sp³-hybridized carbons (Fsp3) is 0.200. The lowest BCUT2D eigenvalue weighted by Gasteiger charge is -2.10. The van der Waals surface area contributed by atoms with Crippen LogP contribution in [0, 0.1) is 0 Å². The van der Waals surface area contributed by atoms with Gasteiger partial charge in [-0.05, 0) is 12.0 Å². The summed E-state index contributed by atoms with van der Waals surface area (Å²) in [6.07, 6.45) is 2.53. The molecule has 0 aliphatic carbocycles. The lowest BCUT2D eigenvalue weighted by Crippen LogP contribution is -2.09. The molecule has 4 nitrogen and oxygen atoms in total. The summed E-state index contributed by atoms with van der Waals surface area (Å²) in [7, 11) is 0. The minimum absolute atomic E-state index is 0.0605. The van der Waals surface area contributed by atoms with Crippen molar-refractivity contribution in [3.63, 3.8) is 0 Å². The molecule has 0 aliphatic rings. The molecule has 0 fully saturated rings. The first-order valence-electron chi connectivity index (χ1n) is 8.18. The van der Waals surface area contributed by atoms with Crippen LogP contribution in [-0.4, -0.2) is 26.2 Å². The van der Waals surface area contributed by atoms with Crippen LogP contribution in [0.2, 0.25) is 0 Å². The third-order valence-electron chi connectivity index (χ3n) is 3.96. The van der Waals surface area contributed by atoms with Crippen molar-refractivity contribution in [3.8, 4) is 0 Å². The topological polar surface area (TPSA) is 55.1 Å². The van der Waals surface area contributed by atoms with Gasteiger partial charge in [0, 0.05) is 12.1 Å². The molecular weight excluding hydrogens is 332 g/mol. The Morgan fingerprint density at radius 1 is 1.04 bits per heavy atom. The minimum atomic E-state index is -0.0605. The van der Waals surface area contributed by atoms with Crippen molar-refractivity contribution in [1.29, 1.82) is 0 Å². The Morgan fingerprint density at radius 3 is 2.40 bits per heavy atom. The quantitative estimate of drug-likeness (QED) is 0.497. The minimum Gasteiger partial charge on any atom is -0.390 e. The summed E-state index contributed by atoms with van der Waals surface area (Å²) >= 11 is 1.41. The van der Waals surface area contributed by atoms with Crippen LogP contribution in [0.5, 0.6) is 0 Å². The van der Waals surface area contributed by atoms with E-state index in [1.165, 1.54) is 17.3 Å². The molecular formula is C20H20N2O2S. The third kappa shape index (κ3) is 4.59. The third-order valence-corrected chi connectivity index (χ3v) is 4.95. The molecule has 0 spiro atoms. The Hall–Kier alpha value is -2.37. The molecule has 1 aromatic heterocycles. The summed E-state index contributed by atoms with van der Waals surface area (Å²) in [5.74, 6) is 0.408. The number of aliphatic hydroxyl groups is 1. The van der Waals surface area contributed by atoms with Gasteiger partial charge in [-0.15, -0.1) is 0 Å². The Labute approximate surface area is 151 Å². The standard InChI is InChI=1S/C20H20N2O2S/c23-14-18-13-21-20(22(18)12-11-16-7-3-1-4-8-16)25-15-19(24)17-9-5-2-6-10-17/h1-10,13,23H,11-12,14-15H2. The maximum atomic E-state index is 12.3. The predicted molar refractivity (Wildman–Crippen MR) is 99.8 cm³/mol. The summed E-state index contributed by atoms with van der Waals surface area (Å²) in [4.78, 5) is 16.7. The molecule has 3 aromatic rings. The number of hydrogen-bond donors (Lipinski definition) is 1. The number of imidazole rings is 1. The van der Waals surface area contributed by atoms with Gasteiger partial charge in [0.25, 0.3) is 0 Å². The first kappa shape index (κ1) is 17.5. The Morgan fingerprint density at radius 2 is 1.72 bits per heavy atom. The highest BCUT2D eigenvalue weighted by Gasteiger charge is 2.13. The first-order chi connectivity index (χ1) is 12.3. The number of aliphatic hydroxyl groups excluding tert-OH is 1. The lowest BCUT2D eigenvalue weighted by molar-refractivity contribution is 0.102. The van der Waals surface area contributed by atoms with Gasteiger partial charge in [0.05, 0.1) is 24.3 Å². The number of Topliss-reactive ketones (excluding diaryl/α,β-unsaturated/α-hetero) is 1. The molecule has 0 unspecified atom stereocenters. The van der Waals surface area contributed by atoms with Crippen LogP contribution in [0.4, 0.5) is 0 Å². The molecule has 25 heavy (non-hydrogen) atoms. The van der Waals surface area contributed by atoms with Gasteiger partial charge < -0.3 is 9.67 Å².